The molecule has 1 aliphatic carbocycles. The van der Waals surface area contributed by atoms with Crippen molar-refractivity contribution in [1.82, 2.24) is 5.32 Å². The second-order valence-electron chi connectivity index (χ2n) is 4.66. The van der Waals surface area contributed by atoms with Crippen LogP contribution in [0.2, 0.25) is 0 Å². The van der Waals surface area contributed by atoms with E-state index < -0.39 is 0 Å². The summed E-state index contributed by atoms with van der Waals surface area (Å²) in [7, 11) is 1.70. The van der Waals surface area contributed by atoms with E-state index >= 15 is 0 Å². The standard InChI is InChI=1S/C14H21NOS/c1-16-13-5-3-12(4-6-13)7-10-15-11-14(17-2)8-9-14/h3-6,15H,7-11H2,1-2H3. The molecule has 0 amide bonds. The maximum atomic E-state index is 5.14. The fraction of sp³-hybridized carbons (Fsp3) is 0.571. The highest BCUT2D eigenvalue weighted by Gasteiger charge is 2.41. The van der Waals surface area contributed by atoms with Crippen LogP contribution in [0, 0.1) is 0 Å². The summed E-state index contributed by atoms with van der Waals surface area (Å²) in [5, 5.41) is 3.56. The van der Waals surface area contributed by atoms with E-state index in [4.69, 9.17) is 4.74 Å². The van der Waals surface area contributed by atoms with Gasteiger partial charge in [-0.2, -0.15) is 11.8 Å². The average Bonchev–Trinajstić information content (AvgIpc) is 3.16. The second-order valence-corrected chi connectivity index (χ2v) is 5.94. The van der Waals surface area contributed by atoms with E-state index in [0.29, 0.717) is 4.75 Å². The molecule has 1 aromatic rings. The lowest BCUT2D eigenvalue weighted by Gasteiger charge is -2.12. The number of hydrogen-bond donors (Lipinski definition) is 1. The quantitative estimate of drug-likeness (QED) is 0.753. The molecule has 0 unspecified atom stereocenters. The molecular weight excluding hydrogens is 230 g/mol. The monoisotopic (exact) mass is 251 g/mol. The zero-order chi connectivity index (χ0) is 12.1. The Morgan fingerprint density at radius 3 is 2.53 bits per heavy atom. The van der Waals surface area contributed by atoms with E-state index in [0.717, 1.165) is 25.3 Å². The summed E-state index contributed by atoms with van der Waals surface area (Å²) in [6, 6.07) is 8.34. The summed E-state index contributed by atoms with van der Waals surface area (Å²) in [5.74, 6) is 0.932. The molecule has 17 heavy (non-hydrogen) atoms. The van der Waals surface area contributed by atoms with Crippen molar-refractivity contribution in [3.8, 4) is 5.75 Å². The molecule has 94 valence electrons. The molecule has 0 saturated heterocycles. The van der Waals surface area contributed by atoms with Crippen LogP contribution in [-0.2, 0) is 6.42 Å². The summed E-state index contributed by atoms with van der Waals surface area (Å²) < 4.78 is 5.71. The first-order valence-electron chi connectivity index (χ1n) is 6.17. The molecular formula is C14H21NOS. The van der Waals surface area contributed by atoms with E-state index in [2.05, 4.69) is 23.7 Å². The molecule has 0 aromatic heterocycles. The van der Waals surface area contributed by atoms with Gasteiger partial charge in [0, 0.05) is 11.3 Å². The lowest BCUT2D eigenvalue weighted by atomic mass is 10.1. The first-order chi connectivity index (χ1) is 8.28. The first kappa shape index (κ1) is 12.8. The SMILES string of the molecule is COc1ccc(CCNCC2(SC)CC2)cc1. The number of ether oxygens (including phenoxy) is 1. The first-order valence-corrected chi connectivity index (χ1v) is 7.39. The van der Waals surface area contributed by atoms with E-state index in [1.807, 2.05) is 23.9 Å². The highest BCUT2D eigenvalue weighted by atomic mass is 32.2. The van der Waals surface area contributed by atoms with E-state index in [-0.39, 0.29) is 0 Å². The summed E-state index contributed by atoms with van der Waals surface area (Å²) in [6.45, 7) is 2.22. The summed E-state index contributed by atoms with van der Waals surface area (Å²) in [4.78, 5) is 0. The van der Waals surface area contributed by atoms with Gasteiger partial charge in [0.2, 0.25) is 0 Å². The van der Waals surface area contributed by atoms with Gasteiger partial charge in [-0.25, -0.2) is 0 Å². The molecule has 1 aliphatic rings. The Kier molecular flexibility index (Phi) is 4.35. The van der Waals surface area contributed by atoms with Crippen molar-refractivity contribution in [2.45, 2.75) is 24.0 Å². The summed E-state index contributed by atoms with van der Waals surface area (Å²) in [5.41, 5.74) is 1.37. The van der Waals surface area contributed by atoms with Crippen LogP contribution in [0.15, 0.2) is 24.3 Å². The van der Waals surface area contributed by atoms with Gasteiger partial charge in [-0.3, -0.25) is 0 Å². The van der Waals surface area contributed by atoms with Crippen LogP contribution in [0.5, 0.6) is 5.75 Å². The lowest BCUT2D eigenvalue weighted by molar-refractivity contribution is 0.414. The van der Waals surface area contributed by atoms with Crippen molar-refractivity contribution in [3.63, 3.8) is 0 Å². The number of hydrogen-bond acceptors (Lipinski definition) is 3. The Labute approximate surface area is 108 Å². The Hall–Kier alpha value is -0.670. The van der Waals surface area contributed by atoms with Crippen molar-refractivity contribution < 1.29 is 4.74 Å². The van der Waals surface area contributed by atoms with Crippen LogP contribution in [0.3, 0.4) is 0 Å². The number of benzene rings is 1. The number of thioether (sulfide) groups is 1. The third-order valence-electron chi connectivity index (χ3n) is 3.44. The zero-order valence-corrected chi connectivity index (χ0v) is 11.5. The van der Waals surface area contributed by atoms with Crippen molar-refractivity contribution in [2.24, 2.45) is 0 Å². The molecule has 0 heterocycles. The van der Waals surface area contributed by atoms with Crippen LogP contribution < -0.4 is 10.1 Å². The third kappa shape index (κ3) is 3.65. The molecule has 1 N–H and O–H groups in total. The van der Waals surface area contributed by atoms with E-state index in [1.165, 1.54) is 18.4 Å². The lowest BCUT2D eigenvalue weighted by Crippen LogP contribution is -2.27. The summed E-state index contributed by atoms with van der Waals surface area (Å²) >= 11 is 2.01. The Balaban J connectivity index is 1.67. The average molecular weight is 251 g/mol. The predicted octanol–water partition coefficient (Wildman–Crippen LogP) is 2.72. The fourth-order valence-electron chi connectivity index (χ4n) is 1.93. The molecule has 0 radical (unpaired) electrons. The smallest absolute Gasteiger partial charge is 0.118 e. The van der Waals surface area contributed by atoms with Gasteiger partial charge >= 0.3 is 0 Å². The Morgan fingerprint density at radius 2 is 2.00 bits per heavy atom. The fourth-order valence-corrected chi connectivity index (χ4v) is 2.69. The Morgan fingerprint density at radius 1 is 1.29 bits per heavy atom. The van der Waals surface area contributed by atoms with Crippen LogP contribution in [0.25, 0.3) is 0 Å². The largest absolute Gasteiger partial charge is 0.497 e. The number of methoxy groups -OCH3 is 1. The zero-order valence-electron chi connectivity index (χ0n) is 10.7. The molecule has 0 spiro atoms. The van der Waals surface area contributed by atoms with Crippen LogP contribution in [0.4, 0.5) is 0 Å². The third-order valence-corrected chi connectivity index (χ3v) is 4.86. The molecule has 0 aliphatic heterocycles. The van der Waals surface area contributed by atoms with Gasteiger partial charge < -0.3 is 10.1 Å². The van der Waals surface area contributed by atoms with E-state index in [1.54, 1.807) is 7.11 Å². The minimum atomic E-state index is 0.569. The second kappa shape index (κ2) is 5.78. The van der Waals surface area contributed by atoms with Crippen LogP contribution in [-0.4, -0.2) is 31.2 Å². The molecule has 1 saturated carbocycles. The van der Waals surface area contributed by atoms with Gasteiger partial charge in [0.1, 0.15) is 5.75 Å². The Bertz CT molecular complexity index is 346. The predicted molar refractivity (Wildman–Crippen MR) is 75.0 cm³/mol. The summed E-state index contributed by atoms with van der Waals surface area (Å²) in [6.07, 6.45) is 6.07. The highest BCUT2D eigenvalue weighted by Crippen LogP contribution is 2.46. The maximum Gasteiger partial charge on any atom is 0.118 e. The molecule has 3 heteroatoms. The molecule has 1 fully saturated rings. The molecule has 2 rings (SSSR count). The molecule has 2 nitrogen and oxygen atoms in total. The van der Waals surface area contributed by atoms with Crippen molar-refractivity contribution in [1.29, 1.82) is 0 Å². The van der Waals surface area contributed by atoms with Crippen LogP contribution >= 0.6 is 11.8 Å². The van der Waals surface area contributed by atoms with Crippen molar-refractivity contribution in [2.75, 3.05) is 26.5 Å². The van der Waals surface area contributed by atoms with Gasteiger partial charge in [0.05, 0.1) is 7.11 Å². The van der Waals surface area contributed by atoms with Gasteiger partial charge in [-0.1, -0.05) is 12.1 Å². The van der Waals surface area contributed by atoms with Gasteiger partial charge in [0.25, 0.3) is 0 Å². The minimum Gasteiger partial charge on any atom is -0.497 e. The number of rotatable bonds is 7. The normalized spacial score (nSPS) is 16.8. The van der Waals surface area contributed by atoms with Gasteiger partial charge in [-0.15, -0.1) is 0 Å². The van der Waals surface area contributed by atoms with Gasteiger partial charge in [-0.05, 0) is 49.8 Å². The topological polar surface area (TPSA) is 21.3 Å². The minimum absolute atomic E-state index is 0.569. The highest BCUT2D eigenvalue weighted by molar-refractivity contribution is 8.00. The van der Waals surface area contributed by atoms with Gasteiger partial charge in [0.15, 0.2) is 0 Å². The van der Waals surface area contributed by atoms with Crippen molar-refractivity contribution in [3.05, 3.63) is 29.8 Å². The molecule has 1 aromatic carbocycles. The van der Waals surface area contributed by atoms with E-state index in [9.17, 15) is 0 Å². The number of nitrogens with one attached hydrogen (secondary N) is 1. The molecule has 0 atom stereocenters. The van der Waals surface area contributed by atoms with Crippen molar-refractivity contribution >= 4 is 11.8 Å². The maximum absolute atomic E-state index is 5.14. The van der Waals surface area contributed by atoms with Crippen LogP contribution in [0.1, 0.15) is 18.4 Å². The molecule has 0 bridgehead atoms.